The lowest BCUT2D eigenvalue weighted by atomic mass is 10.1. The second-order valence-electron chi connectivity index (χ2n) is 6.44. The van der Waals surface area contributed by atoms with Crippen LogP contribution in [0.4, 0.5) is 5.13 Å². The summed E-state index contributed by atoms with van der Waals surface area (Å²) in [5.74, 6) is -0.640. The molecule has 9 heteroatoms. The van der Waals surface area contributed by atoms with Crippen LogP contribution in [0.2, 0.25) is 10.0 Å². The van der Waals surface area contributed by atoms with E-state index in [9.17, 15) is 9.59 Å². The Morgan fingerprint density at radius 2 is 2.15 bits per heavy atom. The lowest BCUT2D eigenvalue weighted by Gasteiger charge is -2.19. The molecule has 1 aliphatic heterocycles. The predicted octanol–water partition coefficient (Wildman–Crippen LogP) is 3.92. The molecule has 3 rings (SSSR count). The summed E-state index contributed by atoms with van der Waals surface area (Å²) in [5.41, 5.74) is 0.584. The maximum absolute atomic E-state index is 12.3. The Labute approximate surface area is 171 Å². The molecule has 1 atom stereocenters. The second-order valence-corrected chi connectivity index (χ2v) is 8.14. The number of hydrogen-bond acceptors (Lipinski definition) is 5. The number of thiazole rings is 1. The van der Waals surface area contributed by atoms with E-state index in [1.807, 2.05) is 0 Å². The van der Waals surface area contributed by atoms with Crippen molar-refractivity contribution in [3.8, 4) is 0 Å². The van der Waals surface area contributed by atoms with E-state index >= 15 is 0 Å². The van der Waals surface area contributed by atoms with E-state index in [1.165, 1.54) is 30.2 Å². The highest BCUT2D eigenvalue weighted by molar-refractivity contribution is 7.14. The van der Waals surface area contributed by atoms with Crippen LogP contribution in [0.25, 0.3) is 0 Å². The summed E-state index contributed by atoms with van der Waals surface area (Å²) in [6.07, 6.45) is 3.30. The maximum atomic E-state index is 12.3. The number of carbonyl (C=O) groups excluding carboxylic acids is 2. The SMILES string of the molecule is CN1CCC[C@@H]1CCNC(=O)c1csc(NC(=O)c2ccc(Cl)cc2Cl)n1. The number of carbonyl (C=O) groups is 2. The van der Waals surface area contributed by atoms with Gasteiger partial charge in [-0.25, -0.2) is 4.98 Å². The van der Waals surface area contributed by atoms with E-state index in [1.54, 1.807) is 17.5 Å². The van der Waals surface area contributed by atoms with Crippen LogP contribution in [-0.2, 0) is 0 Å². The van der Waals surface area contributed by atoms with Crippen molar-refractivity contribution < 1.29 is 9.59 Å². The summed E-state index contributed by atoms with van der Waals surface area (Å²) in [4.78, 5) is 31.0. The van der Waals surface area contributed by atoms with Gasteiger partial charge < -0.3 is 10.2 Å². The average Bonchev–Trinajstić information content (AvgIpc) is 3.24. The third kappa shape index (κ3) is 5.19. The van der Waals surface area contributed by atoms with E-state index in [0.29, 0.717) is 28.3 Å². The van der Waals surface area contributed by atoms with E-state index in [4.69, 9.17) is 23.2 Å². The Hall–Kier alpha value is -1.67. The zero-order valence-corrected chi connectivity index (χ0v) is 17.1. The molecule has 2 amide bonds. The fraction of sp³-hybridized carbons (Fsp3) is 0.389. The highest BCUT2D eigenvalue weighted by Gasteiger charge is 2.21. The van der Waals surface area contributed by atoms with Gasteiger partial charge in [0.25, 0.3) is 11.8 Å². The van der Waals surface area contributed by atoms with E-state index < -0.39 is 5.91 Å². The van der Waals surface area contributed by atoms with E-state index in [-0.39, 0.29) is 16.6 Å². The van der Waals surface area contributed by atoms with Crippen LogP contribution >= 0.6 is 34.5 Å². The first kappa shape index (κ1) is 20.1. The van der Waals surface area contributed by atoms with Gasteiger partial charge in [0, 0.05) is 23.0 Å². The van der Waals surface area contributed by atoms with Crippen LogP contribution in [0.15, 0.2) is 23.6 Å². The Kier molecular flexibility index (Phi) is 6.70. The zero-order valence-electron chi connectivity index (χ0n) is 14.8. The fourth-order valence-corrected chi connectivity index (χ4v) is 4.24. The summed E-state index contributed by atoms with van der Waals surface area (Å²) in [7, 11) is 2.11. The van der Waals surface area contributed by atoms with Crippen LogP contribution in [0.3, 0.4) is 0 Å². The molecule has 0 spiro atoms. The molecule has 0 aliphatic carbocycles. The fourth-order valence-electron chi connectivity index (χ4n) is 3.06. The highest BCUT2D eigenvalue weighted by atomic mass is 35.5. The largest absolute Gasteiger partial charge is 0.351 e. The molecular weight excluding hydrogens is 407 g/mol. The Morgan fingerprint density at radius 1 is 1.33 bits per heavy atom. The van der Waals surface area contributed by atoms with Gasteiger partial charge in [0.15, 0.2) is 5.13 Å². The van der Waals surface area contributed by atoms with Crippen molar-refractivity contribution in [3.05, 3.63) is 44.9 Å². The van der Waals surface area contributed by atoms with E-state index in [0.717, 1.165) is 13.0 Å². The van der Waals surface area contributed by atoms with Crippen molar-refractivity contribution >= 4 is 51.5 Å². The number of aromatic nitrogens is 1. The first-order valence-corrected chi connectivity index (χ1v) is 10.3. The van der Waals surface area contributed by atoms with Crippen molar-refractivity contribution in [3.63, 3.8) is 0 Å². The summed E-state index contributed by atoms with van der Waals surface area (Å²) in [6.45, 7) is 1.72. The number of nitrogens with zero attached hydrogens (tertiary/aromatic N) is 2. The van der Waals surface area contributed by atoms with Crippen molar-refractivity contribution in [1.82, 2.24) is 15.2 Å². The molecule has 0 saturated carbocycles. The number of rotatable bonds is 6. The minimum atomic E-state index is -0.401. The topological polar surface area (TPSA) is 74.3 Å². The number of nitrogens with one attached hydrogen (secondary N) is 2. The Balaban J connectivity index is 1.52. The van der Waals surface area contributed by atoms with Gasteiger partial charge in [-0.3, -0.25) is 14.9 Å². The van der Waals surface area contributed by atoms with Gasteiger partial charge in [0.2, 0.25) is 0 Å². The van der Waals surface area contributed by atoms with Crippen molar-refractivity contribution in [2.45, 2.75) is 25.3 Å². The number of likely N-dealkylation sites (tertiary alicyclic amines) is 1. The molecule has 1 aliphatic rings. The minimum Gasteiger partial charge on any atom is -0.351 e. The van der Waals surface area contributed by atoms with Gasteiger partial charge in [-0.2, -0.15) is 0 Å². The lowest BCUT2D eigenvalue weighted by molar-refractivity contribution is 0.0944. The lowest BCUT2D eigenvalue weighted by Crippen LogP contribution is -2.31. The number of hydrogen-bond donors (Lipinski definition) is 2. The highest BCUT2D eigenvalue weighted by Crippen LogP contribution is 2.23. The number of amides is 2. The molecule has 0 radical (unpaired) electrons. The molecule has 144 valence electrons. The molecule has 1 aromatic carbocycles. The van der Waals surface area contributed by atoms with Gasteiger partial charge in [-0.05, 0) is 51.1 Å². The summed E-state index contributed by atoms with van der Waals surface area (Å²) >= 11 is 13.1. The van der Waals surface area contributed by atoms with Crippen LogP contribution in [0.5, 0.6) is 0 Å². The maximum Gasteiger partial charge on any atom is 0.270 e. The monoisotopic (exact) mass is 426 g/mol. The number of anilines is 1. The van der Waals surface area contributed by atoms with Crippen LogP contribution in [0, 0.1) is 0 Å². The molecule has 0 bridgehead atoms. The summed E-state index contributed by atoms with van der Waals surface area (Å²) in [6, 6.07) is 5.16. The third-order valence-electron chi connectivity index (χ3n) is 4.57. The summed E-state index contributed by atoms with van der Waals surface area (Å²) < 4.78 is 0. The molecule has 6 nitrogen and oxygen atoms in total. The molecule has 0 unspecified atom stereocenters. The van der Waals surface area contributed by atoms with Gasteiger partial charge in [0.1, 0.15) is 5.69 Å². The first-order valence-electron chi connectivity index (χ1n) is 8.64. The third-order valence-corrected chi connectivity index (χ3v) is 5.87. The number of halogens is 2. The van der Waals surface area contributed by atoms with Crippen LogP contribution in [0.1, 0.15) is 40.1 Å². The smallest absolute Gasteiger partial charge is 0.270 e. The molecule has 2 aromatic rings. The molecule has 2 N–H and O–H groups in total. The van der Waals surface area contributed by atoms with E-state index in [2.05, 4.69) is 27.6 Å². The Morgan fingerprint density at radius 3 is 2.85 bits per heavy atom. The quantitative estimate of drug-likeness (QED) is 0.733. The standard InChI is InChI=1S/C18H20Cl2N4O2S/c1-24-8-2-3-12(24)6-7-21-17(26)15-10-27-18(22-15)23-16(25)13-5-4-11(19)9-14(13)20/h4-5,9-10,12H,2-3,6-8H2,1H3,(H,21,26)(H,22,23,25)/t12-/m1/s1. The molecule has 1 aromatic heterocycles. The average molecular weight is 427 g/mol. The van der Waals surface area contributed by atoms with Crippen LogP contribution < -0.4 is 10.6 Å². The number of benzene rings is 1. The molecule has 1 saturated heterocycles. The zero-order chi connectivity index (χ0) is 19.4. The Bertz CT molecular complexity index is 843. The summed E-state index contributed by atoms with van der Waals surface area (Å²) in [5, 5.41) is 8.21. The van der Waals surface area contributed by atoms with Gasteiger partial charge in [-0.15, -0.1) is 11.3 Å². The first-order chi connectivity index (χ1) is 12.9. The van der Waals surface area contributed by atoms with Crippen molar-refractivity contribution in [2.75, 3.05) is 25.5 Å². The molecular formula is C18H20Cl2N4O2S. The van der Waals surface area contributed by atoms with Crippen LogP contribution in [-0.4, -0.2) is 47.9 Å². The minimum absolute atomic E-state index is 0.239. The van der Waals surface area contributed by atoms with Crippen molar-refractivity contribution in [2.24, 2.45) is 0 Å². The molecule has 1 fully saturated rings. The van der Waals surface area contributed by atoms with Gasteiger partial charge >= 0.3 is 0 Å². The van der Waals surface area contributed by atoms with Gasteiger partial charge in [-0.1, -0.05) is 23.2 Å². The van der Waals surface area contributed by atoms with Gasteiger partial charge in [0.05, 0.1) is 10.6 Å². The molecule has 2 heterocycles. The normalized spacial score (nSPS) is 17.1. The predicted molar refractivity (Wildman–Crippen MR) is 109 cm³/mol. The van der Waals surface area contributed by atoms with Crippen molar-refractivity contribution in [1.29, 1.82) is 0 Å². The molecule has 27 heavy (non-hydrogen) atoms. The second kappa shape index (κ2) is 9.01.